The van der Waals surface area contributed by atoms with Gasteiger partial charge in [0, 0.05) is 0 Å². The summed E-state index contributed by atoms with van der Waals surface area (Å²) in [6.45, 7) is 0. The van der Waals surface area contributed by atoms with Crippen LogP contribution in [0.5, 0.6) is 0 Å². The monoisotopic (exact) mass is 356 g/mol. The Bertz CT molecular complexity index is 825. The summed E-state index contributed by atoms with van der Waals surface area (Å²) in [6, 6.07) is 0. The Labute approximate surface area is 149 Å². The van der Waals surface area contributed by atoms with Crippen molar-refractivity contribution in [2.75, 3.05) is 0 Å². The standard InChI is InChI=1S/C18H20N4O4/c19-17(6-1-3-9-21-17)13-11-16(15(25)26,8-5-12(13)14(23)24)18(20)7-2-4-10-22-18/h1-12,21-22H,19-20H2,(H,23,24)(H,25,26). The van der Waals surface area contributed by atoms with Crippen molar-refractivity contribution in [3.63, 3.8) is 0 Å². The molecule has 0 amide bonds. The number of nitrogens with one attached hydrogen (secondary N) is 2. The van der Waals surface area contributed by atoms with Crippen LogP contribution in [0.3, 0.4) is 0 Å². The van der Waals surface area contributed by atoms with Gasteiger partial charge < -0.3 is 32.3 Å². The molecule has 2 aliphatic heterocycles. The molecule has 2 heterocycles. The third-order valence-corrected chi connectivity index (χ3v) is 4.83. The molecule has 0 aromatic rings. The summed E-state index contributed by atoms with van der Waals surface area (Å²) >= 11 is 0. The molecule has 1 aliphatic carbocycles. The summed E-state index contributed by atoms with van der Waals surface area (Å²) in [6.07, 6.45) is 16.8. The molecule has 4 atom stereocenters. The van der Waals surface area contributed by atoms with Crippen LogP contribution in [0.2, 0.25) is 0 Å². The average Bonchev–Trinajstić information content (AvgIpc) is 2.62. The zero-order chi connectivity index (χ0) is 19.0. The molecule has 8 N–H and O–H groups in total. The van der Waals surface area contributed by atoms with Gasteiger partial charge in [-0.2, -0.15) is 0 Å². The van der Waals surface area contributed by atoms with Crippen LogP contribution in [0, 0.1) is 11.3 Å². The van der Waals surface area contributed by atoms with Crippen LogP contribution < -0.4 is 22.1 Å². The maximum atomic E-state index is 12.3. The number of dihydropyridines is 2. The molecule has 8 nitrogen and oxygen atoms in total. The van der Waals surface area contributed by atoms with Gasteiger partial charge in [-0.15, -0.1) is 0 Å². The Morgan fingerprint density at radius 1 is 0.962 bits per heavy atom. The van der Waals surface area contributed by atoms with Gasteiger partial charge in [-0.05, 0) is 42.3 Å². The van der Waals surface area contributed by atoms with E-state index in [1.165, 1.54) is 30.5 Å². The lowest BCUT2D eigenvalue weighted by Crippen LogP contribution is -2.66. The van der Waals surface area contributed by atoms with E-state index in [9.17, 15) is 19.8 Å². The van der Waals surface area contributed by atoms with E-state index < -0.39 is 34.6 Å². The number of carboxylic acids is 2. The van der Waals surface area contributed by atoms with Gasteiger partial charge in [-0.1, -0.05) is 30.4 Å². The lowest BCUT2D eigenvalue weighted by atomic mass is 9.66. The predicted molar refractivity (Wildman–Crippen MR) is 95.1 cm³/mol. The van der Waals surface area contributed by atoms with Crippen LogP contribution in [0.1, 0.15) is 0 Å². The molecule has 3 rings (SSSR count). The Hall–Kier alpha value is -3.10. The first-order valence-electron chi connectivity index (χ1n) is 7.95. The number of rotatable bonds is 4. The molecule has 0 fully saturated rings. The van der Waals surface area contributed by atoms with Crippen LogP contribution >= 0.6 is 0 Å². The van der Waals surface area contributed by atoms with Gasteiger partial charge in [-0.25, -0.2) is 0 Å². The lowest BCUT2D eigenvalue weighted by Gasteiger charge is -2.45. The Morgan fingerprint density at radius 2 is 1.62 bits per heavy atom. The first-order valence-corrected chi connectivity index (χ1v) is 7.95. The lowest BCUT2D eigenvalue weighted by molar-refractivity contribution is -0.147. The molecule has 4 unspecified atom stereocenters. The van der Waals surface area contributed by atoms with E-state index in [1.807, 2.05) is 0 Å². The fourth-order valence-electron chi connectivity index (χ4n) is 3.33. The third-order valence-electron chi connectivity index (χ3n) is 4.83. The molecule has 0 aromatic carbocycles. The summed E-state index contributed by atoms with van der Waals surface area (Å²) in [5.41, 5.74) is 8.31. The summed E-state index contributed by atoms with van der Waals surface area (Å²) < 4.78 is 0. The van der Waals surface area contributed by atoms with Gasteiger partial charge >= 0.3 is 11.9 Å². The largest absolute Gasteiger partial charge is 0.481 e. The molecular formula is C18H20N4O4. The van der Waals surface area contributed by atoms with Crippen LogP contribution in [-0.4, -0.2) is 33.5 Å². The number of hydrogen-bond donors (Lipinski definition) is 6. The van der Waals surface area contributed by atoms with Crippen LogP contribution in [-0.2, 0) is 9.59 Å². The maximum absolute atomic E-state index is 12.3. The highest BCUT2D eigenvalue weighted by molar-refractivity contribution is 5.86. The zero-order valence-electron chi connectivity index (χ0n) is 13.8. The number of nitrogens with two attached hydrogens (primary N) is 2. The zero-order valence-corrected chi connectivity index (χ0v) is 13.8. The van der Waals surface area contributed by atoms with Crippen LogP contribution in [0.15, 0.2) is 72.7 Å². The van der Waals surface area contributed by atoms with Crippen molar-refractivity contribution >= 4 is 11.9 Å². The van der Waals surface area contributed by atoms with Gasteiger partial charge in [-0.3, -0.25) is 9.59 Å². The van der Waals surface area contributed by atoms with Crippen molar-refractivity contribution in [3.05, 3.63) is 72.7 Å². The molecule has 0 spiro atoms. The number of carbonyl (C=O) groups is 2. The summed E-state index contributed by atoms with van der Waals surface area (Å²) in [5.74, 6) is -3.47. The second-order valence-electron chi connectivity index (χ2n) is 6.41. The van der Waals surface area contributed by atoms with Crippen molar-refractivity contribution < 1.29 is 19.8 Å². The summed E-state index contributed by atoms with van der Waals surface area (Å²) in [7, 11) is 0. The first kappa shape index (κ1) is 17.7. The van der Waals surface area contributed by atoms with Crippen molar-refractivity contribution in [1.82, 2.24) is 10.6 Å². The van der Waals surface area contributed by atoms with E-state index in [4.69, 9.17) is 11.5 Å². The smallest absolute Gasteiger partial charge is 0.321 e. The maximum Gasteiger partial charge on any atom is 0.321 e. The van der Waals surface area contributed by atoms with Gasteiger partial charge in [0.05, 0.1) is 5.92 Å². The number of hydrogen-bond acceptors (Lipinski definition) is 6. The molecule has 0 saturated heterocycles. The molecule has 3 aliphatic rings. The van der Waals surface area contributed by atoms with E-state index >= 15 is 0 Å². The third kappa shape index (κ3) is 2.56. The molecule has 0 bridgehead atoms. The summed E-state index contributed by atoms with van der Waals surface area (Å²) in [4.78, 5) is 24.0. The van der Waals surface area contributed by atoms with Gasteiger partial charge in [0.25, 0.3) is 0 Å². The molecule has 26 heavy (non-hydrogen) atoms. The first-order chi connectivity index (χ1) is 12.2. The van der Waals surface area contributed by atoms with Gasteiger partial charge in [0.2, 0.25) is 0 Å². The van der Waals surface area contributed by atoms with Gasteiger partial charge in [0.15, 0.2) is 0 Å². The minimum absolute atomic E-state index is 0.185. The van der Waals surface area contributed by atoms with E-state index in [0.717, 1.165) is 0 Å². The minimum atomic E-state index is -1.74. The second-order valence-corrected chi connectivity index (χ2v) is 6.41. The Morgan fingerprint density at radius 3 is 2.12 bits per heavy atom. The number of allylic oxidation sites excluding steroid dienone is 4. The van der Waals surface area contributed by atoms with Crippen LogP contribution in [0.4, 0.5) is 0 Å². The Balaban J connectivity index is 2.19. The number of aliphatic carboxylic acids is 2. The Kier molecular flexibility index (Phi) is 4.09. The fourth-order valence-corrected chi connectivity index (χ4v) is 3.33. The molecular weight excluding hydrogens is 336 g/mol. The van der Waals surface area contributed by atoms with Crippen molar-refractivity contribution in [3.8, 4) is 0 Å². The molecule has 0 saturated carbocycles. The SMILES string of the molecule is NC1(C2=CC(C(=O)O)(C3(N)C=CC=CN3)C=CC2C(=O)O)C=CC=CN1. The fraction of sp³-hybridized carbons (Fsp3) is 0.222. The topological polar surface area (TPSA) is 151 Å². The predicted octanol–water partition coefficient (Wildman–Crippen LogP) is -0.0894. The van der Waals surface area contributed by atoms with Crippen molar-refractivity contribution in [2.45, 2.75) is 11.3 Å². The molecule has 8 heteroatoms. The van der Waals surface area contributed by atoms with Crippen molar-refractivity contribution in [1.29, 1.82) is 0 Å². The highest BCUT2D eigenvalue weighted by Gasteiger charge is 2.54. The normalized spacial score (nSPS) is 37.6. The molecule has 0 aromatic heterocycles. The number of carboxylic acid groups (broad SMARTS) is 2. The molecule has 136 valence electrons. The van der Waals surface area contributed by atoms with Gasteiger partial charge in [0.1, 0.15) is 16.7 Å². The van der Waals surface area contributed by atoms with Crippen LogP contribution in [0.25, 0.3) is 0 Å². The molecule has 0 radical (unpaired) electrons. The second kappa shape index (κ2) is 6.01. The summed E-state index contributed by atoms with van der Waals surface area (Å²) in [5, 5.41) is 25.4. The highest BCUT2D eigenvalue weighted by atomic mass is 16.4. The van der Waals surface area contributed by atoms with Crippen molar-refractivity contribution in [2.24, 2.45) is 22.8 Å². The minimum Gasteiger partial charge on any atom is -0.481 e. The quantitative estimate of drug-likeness (QED) is 0.383. The van der Waals surface area contributed by atoms with E-state index in [1.54, 1.807) is 36.6 Å². The van der Waals surface area contributed by atoms with E-state index in [2.05, 4.69) is 10.6 Å². The highest BCUT2D eigenvalue weighted by Crippen LogP contribution is 2.42. The average molecular weight is 356 g/mol. The van der Waals surface area contributed by atoms with E-state index in [0.29, 0.717) is 0 Å². The van der Waals surface area contributed by atoms with E-state index in [-0.39, 0.29) is 5.57 Å².